The molecule has 4 aromatic carbocycles. The van der Waals surface area contributed by atoms with E-state index in [4.69, 9.17) is 14.5 Å². The van der Waals surface area contributed by atoms with Crippen molar-refractivity contribution in [3.63, 3.8) is 0 Å². The van der Waals surface area contributed by atoms with Crippen molar-refractivity contribution in [1.82, 2.24) is 0 Å². The van der Waals surface area contributed by atoms with Gasteiger partial charge in [0, 0.05) is 22.3 Å². The number of ether oxygens (including phenoxy) is 2. The molecule has 0 aromatic heterocycles. The van der Waals surface area contributed by atoms with Crippen LogP contribution in [0, 0.1) is 0 Å². The highest BCUT2D eigenvalue weighted by Crippen LogP contribution is 2.63. The van der Waals surface area contributed by atoms with Gasteiger partial charge in [-0.3, -0.25) is 4.79 Å². The molecule has 0 bridgehead atoms. The summed E-state index contributed by atoms with van der Waals surface area (Å²) >= 11 is 0. The molecule has 4 nitrogen and oxygen atoms in total. The van der Waals surface area contributed by atoms with Crippen LogP contribution >= 0.6 is 0 Å². The van der Waals surface area contributed by atoms with Crippen LogP contribution in [0.15, 0.2) is 114 Å². The fraction of sp³-hybridized carbons (Fsp3) is 0.103. The van der Waals surface area contributed by atoms with Crippen molar-refractivity contribution in [2.45, 2.75) is 17.4 Å². The maximum atomic E-state index is 14.1. The van der Waals surface area contributed by atoms with E-state index in [9.17, 15) is 4.79 Å². The van der Waals surface area contributed by atoms with Crippen LogP contribution in [0.5, 0.6) is 0 Å². The second-order valence-electron chi connectivity index (χ2n) is 8.60. The van der Waals surface area contributed by atoms with Crippen LogP contribution in [0.25, 0.3) is 11.1 Å². The maximum absolute atomic E-state index is 14.1. The van der Waals surface area contributed by atoms with Crippen LogP contribution < -0.4 is 0 Å². The number of carbonyl (C=O) groups is 1. The molecule has 1 saturated heterocycles. The maximum Gasteiger partial charge on any atom is 0.266 e. The van der Waals surface area contributed by atoms with Crippen LogP contribution in [0.4, 0.5) is 0 Å². The molecule has 0 N–H and O–H groups in total. The van der Waals surface area contributed by atoms with E-state index in [2.05, 4.69) is 0 Å². The number of rotatable bonds is 2. The summed E-state index contributed by atoms with van der Waals surface area (Å²) in [6.45, 7) is 0. The molecule has 0 amide bonds. The number of Topliss-reactive ketones (excluding diaryl/α,β-unsaturated/α-hetero) is 1. The standard InChI is InChI=1S/C29H19NO3/c31-25-23-17-8-7-15-21(23)22-16-9-10-18-24(22)28(25)27-29(33-28,20-13-5-2-6-14-20)32-26(30-27)19-11-3-1-4-12-19/h1-18,27H/t27-,28-,29+/m1/s1. The Morgan fingerprint density at radius 2 is 1.27 bits per heavy atom. The lowest BCUT2D eigenvalue weighted by molar-refractivity contribution is -0.357. The van der Waals surface area contributed by atoms with E-state index in [1.54, 1.807) is 0 Å². The first-order valence-electron chi connectivity index (χ1n) is 11.1. The Labute approximate surface area is 191 Å². The van der Waals surface area contributed by atoms with Crippen LogP contribution in [0.2, 0.25) is 0 Å². The predicted molar refractivity (Wildman–Crippen MR) is 125 cm³/mol. The van der Waals surface area contributed by atoms with E-state index < -0.39 is 17.4 Å². The number of hydrogen-bond acceptors (Lipinski definition) is 4. The van der Waals surface area contributed by atoms with Gasteiger partial charge in [0.15, 0.2) is 11.6 Å². The minimum absolute atomic E-state index is 0.0741. The van der Waals surface area contributed by atoms with Crippen molar-refractivity contribution in [3.05, 3.63) is 131 Å². The molecule has 4 heteroatoms. The van der Waals surface area contributed by atoms with Crippen LogP contribution in [-0.4, -0.2) is 17.7 Å². The number of carbonyl (C=O) groups excluding carboxylic acids is 1. The highest BCUT2D eigenvalue weighted by atomic mass is 16.7. The molecular formula is C29H19NO3. The zero-order chi connectivity index (χ0) is 22.0. The second-order valence-corrected chi connectivity index (χ2v) is 8.60. The van der Waals surface area contributed by atoms with Crippen molar-refractivity contribution < 1.29 is 14.3 Å². The average molecular weight is 429 g/mol. The summed E-state index contributed by atoms with van der Waals surface area (Å²) in [7, 11) is 0. The molecule has 0 radical (unpaired) electrons. The van der Waals surface area contributed by atoms with Gasteiger partial charge in [-0.2, -0.15) is 0 Å². The Hall–Kier alpha value is -4.02. The summed E-state index contributed by atoms with van der Waals surface area (Å²) in [4.78, 5) is 19.1. The summed E-state index contributed by atoms with van der Waals surface area (Å²) < 4.78 is 13.2. The Balaban J connectivity index is 1.47. The third-order valence-corrected chi connectivity index (χ3v) is 6.88. The van der Waals surface area contributed by atoms with E-state index >= 15 is 0 Å². The van der Waals surface area contributed by atoms with Gasteiger partial charge < -0.3 is 9.47 Å². The molecule has 33 heavy (non-hydrogen) atoms. The number of ketones is 1. The summed E-state index contributed by atoms with van der Waals surface area (Å²) in [6, 6.07) is 34.7. The predicted octanol–water partition coefficient (Wildman–Crippen LogP) is 5.47. The molecule has 1 spiro atoms. The van der Waals surface area contributed by atoms with Gasteiger partial charge >= 0.3 is 0 Å². The van der Waals surface area contributed by atoms with E-state index in [0.717, 1.165) is 27.8 Å². The highest BCUT2D eigenvalue weighted by molar-refractivity contribution is 6.13. The fourth-order valence-corrected chi connectivity index (χ4v) is 5.41. The largest absolute Gasteiger partial charge is 0.438 e. The van der Waals surface area contributed by atoms with Gasteiger partial charge in [0.2, 0.25) is 11.7 Å². The van der Waals surface area contributed by atoms with Gasteiger partial charge in [-0.1, -0.05) is 97.1 Å². The Morgan fingerprint density at radius 3 is 2.03 bits per heavy atom. The molecule has 3 atom stereocenters. The second kappa shape index (κ2) is 6.50. The van der Waals surface area contributed by atoms with Crippen molar-refractivity contribution in [2.75, 3.05) is 0 Å². The third-order valence-electron chi connectivity index (χ3n) is 6.88. The average Bonchev–Trinajstić information content (AvgIpc) is 3.20. The molecule has 1 aliphatic carbocycles. The Bertz CT molecular complexity index is 1450. The Morgan fingerprint density at radius 1 is 0.667 bits per heavy atom. The number of nitrogens with zero attached hydrogens (tertiary/aromatic N) is 1. The first-order valence-corrected chi connectivity index (χ1v) is 11.1. The zero-order valence-corrected chi connectivity index (χ0v) is 17.6. The van der Waals surface area contributed by atoms with Crippen LogP contribution in [0.1, 0.15) is 27.0 Å². The first kappa shape index (κ1) is 18.5. The molecular weight excluding hydrogens is 410 g/mol. The van der Waals surface area contributed by atoms with Crippen molar-refractivity contribution >= 4 is 11.7 Å². The van der Waals surface area contributed by atoms with Crippen molar-refractivity contribution in [3.8, 4) is 11.1 Å². The lowest BCUT2D eigenvalue weighted by Crippen LogP contribution is -2.70. The van der Waals surface area contributed by atoms with Crippen molar-refractivity contribution in [2.24, 2.45) is 4.99 Å². The zero-order valence-electron chi connectivity index (χ0n) is 17.6. The fourth-order valence-electron chi connectivity index (χ4n) is 5.41. The highest BCUT2D eigenvalue weighted by Gasteiger charge is 2.76. The van der Waals surface area contributed by atoms with Crippen LogP contribution in [0.3, 0.4) is 0 Å². The smallest absolute Gasteiger partial charge is 0.266 e. The molecule has 4 aromatic rings. The minimum atomic E-state index is -1.24. The summed E-state index contributed by atoms with van der Waals surface area (Å²) in [5, 5.41) is 0. The first-order chi connectivity index (χ1) is 16.2. The van der Waals surface area contributed by atoms with Gasteiger partial charge in [-0.15, -0.1) is 0 Å². The third kappa shape index (κ3) is 2.28. The van der Waals surface area contributed by atoms with Gasteiger partial charge in [-0.25, -0.2) is 4.99 Å². The quantitative estimate of drug-likeness (QED) is 0.424. The SMILES string of the molecule is O=C1c2ccccc2-c2ccccc2[C@@]12O[C@]1(c3ccccc3)OC(c3ccccc3)=N[C@@H]12. The van der Waals surface area contributed by atoms with E-state index in [0.29, 0.717) is 11.5 Å². The molecule has 2 heterocycles. The number of aliphatic imine (C=N–C) groups is 1. The molecule has 1 fully saturated rings. The van der Waals surface area contributed by atoms with Crippen molar-refractivity contribution in [1.29, 1.82) is 0 Å². The van der Waals surface area contributed by atoms with E-state index in [-0.39, 0.29) is 5.78 Å². The topological polar surface area (TPSA) is 47.9 Å². The molecule has 2 aliphatic heterocycles. The molecule has 3 aliphatic rings. The monoisotopic (exact) mass is 429 g/mol. The Kier molecular flexibility index (Phi) is 3.65. The lowest BCUT2D eigenvalue weighted by atomic mass is 9.64. The van der Waals surface area contributed by atoms with Gasteiger partial charge in [-0.05, 0) is 23.3 Å². The van der Waals surface area contributed by atoms with E-state index in [1.807, 2.05) is 109 Å². The van der Waals surface area contributed by atoms with E-state index in [1.165, 1.54) is 0 Å². The number of fused-ring (bicyclic) bond motifs is 6. The van der Waals surface area contributed by atoms with Gasteiger partial charge in [0.25, 0.3) is 5.79 Å². The summed E-state index contributed by atoms with van der Waals surface area (Å²) in [5.74, 6) is -0.734. The van der Waals surface area contributed by atoms with Gasteiger partial charge in [0.1, 0.15) is 0 Å². The molecule has 158 valence electrons. The lowest BCUT2D eigenvalue weighted by Gasteiger charge is -2.57. The summed E-state index contributed by atoms with van der Waals surface area (Å²) in [6.07, 6.45) is 0. The molecule has 7 rings (SSSR count). The number of hydrogen-bond donors (Lipinski definition) is 0. The number of benzene rings is 4. The summed E-state index contributed by atoms with van der Waals surface area (Å²) in [5.41, 5.74) is 3.89. The van der Waals surface area contributed by atoms with Gasteiger partial charge in [0.05, 0.1) is 0 Å². The normalized spacial score (nSPS) is 26.5. The van der Waals surface area contributed by atoms with Crippen LogP contribution in [-0.2, 0) is 20.9 Å². The minimum Gasteiger partial charge on any atom is -0.438 e. The molecule has 0 saturated carbocycles. The molecule has 0 unspecified atom stereocenters.